The van der Waals surface area contributed by atoms with Gasteiger partial charge in [-0.05, 0) is 56.7 Å². The van der Waals surface area contributed by atoms with Gasteiger partial charge in [-0.3, -0.25) is 14.4 Å². The highest BCUT2D eigenvalue weighted by molar-refractivity contribution is 6.00. The third kappa shape index (κ3) is 3.89. The number of anilines is 1. The van der Waals surface area contributed by atoms with Gasteiger partial charge in [-0.1, -0.05) is 6.92 Å². The summed E-state index contributed by atoms with van der Waals surface area (Å²) >= 11 is 0. The zero-order valence-corrected chi connectivity index (χ0v) is 15.3. The van der Waals surface area contributed by atoms with Crippen molar-refractivity contribution < 1.29 is 19.5 Å². The zero-order valence-electron chi connectivity index (χ0n) is 15.3. The Hall–Kier alpha value is -2.37. The first-order chi connectivity index (χ1) is 12.3. The largest absolute Gasteiger partial charge is 0.506 e. The van der Waals surface area contributed by atoms with Crippen LogP contribution in [0.25, 0.3) is 0 Å². The van der Waals surface area contributed by atoms with Gasteiger partial charge in [-0.25, -0.2) is 0 Å². The maximum absolute atomic E-state index is 12.6. The van der Waals surface area contributed by atoms with Crippen LogP contribution in [0, 0.1) is 11.8 Å². The molecule has 1 aliphatic heterocycles. The van der Waals surface area contributed by atoms with E-state index in [0.29, 0.717) is 18.0 Å². The van der Waals surface area contributed by atoms with Crippen LogP contribution in [0.2, 0.25) is 0 Å². The predicted octanol–water partition coefficient (Wildman–Crippen LogP) is 2.96. The number of hydrogen-bond acceptors (Lipinski definition) is 4. The molecule has 1 saturated heterocycles. The highest BCUT2D eigenvalue weighted by Crippen LogP contribution is 2.32. The number of Topliss-reactive ketones (excluding diaryl/α,β-unsaturated/α-hetero) is 1. The van der Waals surface area contributed by atoms with Crippen molar-refractivity contribution in [2.75, 3.05) is 11.9 Å². The number of benzene rings is 1. The number of likely N-dealkylation sites (tertiary alicyclic amines) is 1. The van der Waals surface area contributed by atoms with Gasteiger partial charge in [0.1, 0.15) is 5.75 Å². The van der Waals surface area contributed by atoms with Gasteiger partial charge in [0.25, 0.3) is 0 Å². The molecule has 2 fully saturated rings. The minimum atomic E-state index is -0.428. The number of carbonyl (C=O) groups excluding carboxylic acids is 3. The lowest BCUT2D eigenvalue weighted by molar-refractivity contribution is -0.130. The standard InChI is InChI=1S/C20H26N2O4/c1-12-3-6-16(7-4-12)22-11-15(10-19(22)25)20(26)21-17-9-14(13(2)23)5-8-18(17)24/h5,8-9,12,15-16,24H,3-4,6-7,10-11H2,1-2H3,(H,21,26). The Kier molecular flexibility index (Phi) is 5.30. The maximum atomic E-state index is 12.6. The number of rotatable bonds is 4. The molecule has 0 radical (unpaired) electrons. The molecule has 2 aliphatic rings. The van der Waals surface area contributed by atoms with Crippen molar-refractivity contribution in [1.82, 2.24) is 4.90 Å². The van der Waals surface area contributed by atoms with E-state index in [1.165, 1.54) is 25.1 Å². The Morgan fingerprint density at radius 1 is 1.19 bits per heavy atom. The number of ketones is 1. The van der Waals surface area contributed by atoms with Gasteiger partial charge in [0.05, 0.1) is 11.6 Å². The minimum absolute atomic E-state index is 0.0337. The van der Waals surface area contributed by atoms with E-state index < -0.39 is 5.92 Å². The summed E-state index contributed by atoms with van der Waals surface area (Å²) in [4.78, 5) is 38.3. The Balaban J connectivity index is 1.65. The van der Waals surface area contributed by atoms with Gasteiger partial charge in [0.2, 0.25) is 11.8 Å². The lowest BCUT2D eigenvalue weighted by Gasteiger charge is -2.33. The number of nitrogens with zero attached hydrogens (tertiary/aromatic N) is 1. The number of amides is 2. The van der Waals surface area contributed by atoms with E-state index in [9.17, 15) is 19.5 Å². The molecule has 26 heavy (non-hydrogen) atoms. The molecule has 1 saturated carbocycles. The monoisotopic (exact) mass is 358 g/mol. The second-order valence-corrected chi connectivity index (χ2v) is 7.64. The molecule has 2 amide bonds. The number of phenolic OH excluding ortho intramolecular Hbond substituents is 1. The first-order valence-corrected chi connectivity index (χ1v) is 9.29. The summed E-state index contributed by atoms with van der Waals surface area (Å²) in [5.74, 6) is -0.214. The van der Waals surface area contributed by atoms with Crippen LogP contribution in [-0.4, -0.2) is 40.2 Å². The second-order valence-electron chi connectivity index (χ2n) is 7.64. The van der Waals surface area contributed by atoms with Crippen molar-refractivity contribution in [3.8, 4) is 5.75 Å². The van der Waals surface area contributed by atoms with E-state index >= 15 is 0 Å². The molecule has 1 heterocycles. The summed E-state index contributed by atoms with van der Waals surface area (Å²) in [5.41, 5.74) is 0.624. The maximum Gasteiger partial charge on any atom is 0.229 e. The van der Waals surface area contributed by atoms with E-state index in [1.54, 1.807) is 0 Å². The molecule has 1 aliphatic carbocycles. The van der Waals surface area contributed by atoms with E-state index in [-0.39, 0.29) is 41.5 Å². The van der Waals surface area contributed by atoms with Crippen molar-refractivity contribution in [2.24, 2.45) is 11.8 Å². The fourth-order valence-electron chi connectivity index (χ4n) is 3.90. The number of aromatic hydroxyl groups is 1. The van der Waals surface area contributed by atoms with Gasteiger partial charge >= 0.3 is 0 Å². The Labute approximate surface area is 153 Å². The first kappa shape index (κ1) is 18.4. The SMILES string of the molecule is CC(=O)c1ccc(O)c(NC(=O)C2CC(=O)N(C3CCC(C)CC3)C2)c1. The summed E-state index contributed by atoms with van der Waals surface area (Å²) < 4.78 is 0. The molecule has 140 valence electrons. The van der Waals surface area contributed by atoms with E-state index in [1.807, 2.05) is 4.90 Å². The highest BCUT2D eigenvalue weighted by Gasteiger charge is 2.38. The van der Waals surface area contributed by atoms with Crippen LogP contribution in [0.3, 0.4) is 0 Å². The average Bonchev–Trinajstić information content (AvgIpc) is 2.99. The molecule has 1 aromatic carbocycles. The van der Waals surface area contributed by atoms with Gasteiger partial charge in [0, 0.05) is 24.6 Å². The fraction of sp³-hybridized carbons (Fsp3) is 0.550. The summed E-state index contributed by atoms with van der Waals surface area (Å²) in [6.07, 6.45) is 4.45. The van der Waals surface area contributed by atoms with Crippen molar-refractivity contribution in [3.63, 3.8) is 0 Å². The van der Waals surface area contributed by atoms with Gasteiger partial charge in [-0.2, -0.15) is 0 Å². The number of nitrogens with one attached hydrogen (secondary N) is 1. The summed E-state index contributed by atoms with van der Waals surface area (Å²) in [6.45, 7) is 4.09. The van der Waals surface area contributed by atoms with E-state index in [2.05, 4.69) is 12.2 Å². The summed E-state index contributed by atoms with van der Waals surface area (Å²) in [5, 5.41) is 12.6. The summed E-state index contributed by atoms with van der Waals surface area (Å²) in [6, 6.07) is 4.61. The molecule has 1 unspecified atom stereocenters. The third-order valence-corrected chi connectivity index (χ3v) is 5.62. The Morgan fingerprint density at radius 2 is 1.88 bits per heavy atom. The van der Waals surface area contributed by atoms with Crippen molar-refractivity contribution in [2.45, 2.75) is 52.0 Å². The van der Waals surface area contributed by atoms with Crippen LogP contribution in [0.4, 0.5) is 5.69 Å². The van der Waals surface area contributed by atoms with Crippen LogP contribution in [-0.2, 0) is 9.59 Å². The molecular formula is C20H26N2O4. The van der Waals surface area contributed by atoms with Gasteiger partial charge in [0.15, 0.2) is 5.78 Å². The fourth-order valence-corrected chi connectivity index (χ4v) is 3.90. The van der Waals surface area contributed by atoms with Crippen LogP contribution in [0.1, 0.15) is 56.3 Å². The smallest absolute Gasteiger partial charge is 0.229 e. The lowest BCUT2D eigenvalue weighted by atomic mass is 9.87. The normalized spacial score (nSPS) is 26.0. The predicted molar refractivity (Wildman–Crippen MR) is 98.0 cm³/mol. The molecule has 2 N–H and O–H groups in total. The topological polar surface area (TPSA) is 86.7 Å². The van der Waals surface area contributed by atoms with Crippen molar-refractivity contribution >= 4 is 23.3 Å². The Bertz CT molecular complexity index is 723. The average molecular weight is 358 g/mol. The van der Waals surface area contributed by atoms with Crippen molar-refractivity contribution in [1.29, 1.82) is 0 Å². The molecular weight excluding hydrogens is 332 g/mol. The zero-order chi connectivity index (χ0) is 18.8. The third-order valence-electron chi connectivity index (χ3n) is 5.62. The number of carbonyl (C=O) groups is 3. The van der Waals surface area contributed by atoms with E-state index in [0.717, 1.165) is 25.7 Å². The van der Waals surface area contributed by atoms with Crippen LogP contribution in [0.5, 0.6) is 5.75 Å². The van der Waals surface area contributed by atoms with Crippen LogP contribution >= 0.6 is 0 Å². The Morgan fingerprint density at radius 3 is 2.54 bits per heavy atom. The molecule has 0 aromatic heterocycles. The molecule has 3 rings (SSSR count). The first-order valence-electron chi connectivity index (χ1n) is 9.29. The molecule has 1 aromatic rings. The summed E-state index contributed by atoms with van der Waals surface area (Å²) in [7, 11) is 0. The number of hydrogen-bond donors (Lipinski definition) is 2. The van der Waals surface area contributed by atoms with E-state index in [4.69, 9.17) is 0 Å². The second kappa shape index (κ2) is 7.48. The van der Waals surface area contributed by atoms with Gasteiger partial charge in [-0.15, -0.1) is 0 Å². The molecule has 0 spiro atoms. The minimum Gasteiger partial charge on any atom is -0.506 e. The molecule has 1 atom stereocenters. The van der Waals surface area contributed by atoms with Crippen LogP contribution in [0.15, 0.2) is 18.2 Å². The molecule has 0 bridgehead atoms. The van der Waals surface area contributed by atoms with Crippen molar-refractivity contribution in [3.05, 3.63) is 23.8 Å². The molecule has 6 heteroatoms. The molecule has 6 nitrogen and oxygen atoms in total. The van der Waals surface area contributed by atoms with Crippen LogP contribution < -0.4 is 5.32 Å². The van der Waals surface area contributed by atoms with Gasteiger partial charge < -0.3 is 15.3 Å². The lowest BCUT2D eigenvalue weighted by Crippen LogP contribution is -2.39. The quantitative estimate of drug-likeness (QED) is 0.640. The number of phenols is 1. The highest BCUT2D eigenvalue weighted by atomic mass is 16.3.